The van der Waals surface area contributed by atoms with Crippen molar-refractivity contribution in [2.24, 2.45) is 5.92 Å². The van der Waals surface area contributed by atoms with Gasteiger partial charge in [0, 0.05) is 46.5 Å². The molecule has 8 rings (SSSR count). The van der Waals surface area contributed by atoms with Crippen LogP contribution in [-0.2, 0) is 0 Å². The van der Waals surface area contributed by atoms with E-state index in [4.69, 9.17) is 0 Å². The highest BCUT2D eigenvalue weighted by molar-refractivity contribution is 6.11. The van der Waals surface area contributed by atoms with E-state index < -0.39 is 0 Å². The number of nitrogens with zero attached hydrogens (tertiary/aromatic N) is 2. The molecule has 0 aromatic heterocycles. The molecule has 0 N–H and O–H groups in total. The first-order chi connectivity index (χ1) is 22.6. The summed E-state index contributed by atoms with van der Waals surface area (Å²) < 4.78 is 0. The maximum absolute atomic E-state index is 2.45. The summed E-state index contributed by atoms with van der Waals surface area (Å²) in [5.41, 5.74) is 8.65. The molecular weight excluding hydrogens is 556 g/mol. The molecule has 1 atom stereocenters. The number of hydrogen-bond acceptors (Lipinski definition) is 2. The normalized spacial score (nSPS) is 14.7. The second kappa shape index (κ2) is 11.7. The molecular formula is C44H36N2. The summed E-state index contributed by atoms with van der Waals surface area (Å²) in [6.45, 7) is 2.36. The van der Waals surface area contributed by atoms with Gasteiger partial charge in [-0.2, -0.15) is 0 Å². The van der Waals surface area contributed by atoms with Crippen LogP contribution in [0, 0.1) is 5.92 Å². The Kier molecular flexibility index (Phi) is 7.11. The summed E-state index contributed by atoms with van der Waals surface area (Å²) in [6, 6.07) is 54.9. The van der Waals surface area contributed by atoms with Crippen molar-refractivity contribution in [1.29, 1.82) is 0 Å². The lowest BCUT2D eigenvalue weighted by Crippen LogP contribution is -2.27. The Morgan fingerprint density at radius 2 is 1.11 bits per heavy atom. The van der Waals surface area contributed by atoms with Crippen LogP contribution in [0.15, 0.2) is 175 Å². The van der Waals surface area contributed by atoms with Crippen molar-refractivity contribution in [3.05, 3.63) is 175 Å². The van der Waals surface area contributed by atoms with Crippen LogP contribution in [0.3, 0.4) is 0 Å². The Balaban J connectivity index is 1.25. The van der Waals surface area contributed by atoms with Gasteiger partial charge in [0.1, 0.15) is 0 Å². The second-order valence-corrected chi connectivity index (χ2v) is 12.4. The van der Waals surface area contributed by atoms with E-state index in [2.05, 4.69) is 188 Å². The predicted molar refractivity (Wildman–Crippen MR) is 198 cm³/mol. The van der Waals surface area contributed by atoms with E-state index in [0.717, 1.165) is 6.42 Å². The molecule has 0 radical (unpaired) electrons. The van der Waals surface area contributed by atoms with Crippen LogP contribution < -0.4 is 9.80 Å². The van der Waals surface area contributed by atoms with Crippen molar-refractivity contribution < 1.29 is 0 Å². The molecule has 0 saturated carbocycles. The molecule has 0 heterocycles. The molecule has 0 bridgehead atoms. The van der Waals surface area contributed by atoms with Crippen molar-refractivity contribution in [2.75, 3.05) is 16.8 Å². The predicted octanol–water partition coefficient (Wildman–Crippen LogP) is 11.9. The largest absolute Gasteiger partial charge is 0.347 e. The standard InChI is InChI=1S/C44H36N2/c1-31-27-39(25-26-43(31)45(2)44-41-21-10-8-17-36(41)28-37-18-9-11-22-42(37)44)46(40-24-23-33-15-6-7-16-34(33)30-40)38-20-12-19-35(29-38)32-13-4-3-5-14-32/h3-26,28-31H,27H2,1-2H3/t31-/m1/s1. The van der Waals surface area contributed by atoms with Crippen LogP contribution >= 0.6 is 0 Å². The summed E-state index contributed by atoms with van der Waals surface area (Å²) in [6.07, 6.45) is 5.60. The van der Waals surface area contributed by atoms with Crippen molar-refractivity contribution >= 4 is 49.4 Å². The molecule has 0 unspecified atom stereocenters. The number of rotatable bonds is 6. The highest BCUT2D eigenvalue weighted by atomic mass is 15.2. The first-order valence-corrected chi connectivity index (χ1v) is 16.1. The fourth-order valence-electron chi connectivity index (χ4n) is 7.17. The van der Waals surface area contributed by atoms with Crippen LogP contribution in [-0.4, -0.2) is 7.05 Å². The summed E-state index contributed by atoms with van der Waals surface area (Å²) >= 11 is 0. The van der Waals surface area contributed by atoms with E-state index in [9.17, 15) is 0 Å². The third-order valence-electron chi connectivity index (χ3n) is 9.42. The molecule has 7 aromatic carbocycles. The lowest BCUT2D eigenvalue weighted by molar-refractivity contribution is 0.634. The highest BCUT2D eigenvalue weighted by Gasteiger charge is 2.26. The van der Waals surface area contributed by atoms with Gasteiger partial charge >= 0.3 is 0 Å². The van der Waals surface area contributed by atoms with E-state index in [1.807, 2.05) is 0 Å². The molecule has 2 heteroatoms. The number of anilines is 3. The molecule has 0 spiro atoms. The zero-order valence-corrected chi connectivity index (χ0v) is 26.3. The third-order valence-corrected chi connectivity index (χ3v) is 9.42. The minimum atomic E-state index is 0.308. The van der Waals surface area contributed by atoms with Gasteiger partial charge in [0.25, 0.3) is 0 Å². The Bertz CT molecular complexity index is 2220. The molecule has 0 amide bonds. The van der Waals surface area contributed by atoms with Crippen molar-refractivity contribution in [2.45, 2.75) is 13.3 Å². The molecule has 1 aliphatic carbocycles. The molecule has 0 aliphatic heterocycles. The van der Waals surface area contributed by atoms with Crippen LogP contribution in [0.4, 0.5) is 17.1 Å². The fourth-order valence-corrected chi connectivity index (χ4v) is 7.17. The minimum Gasteiger partial charge on any atom is -0.347 e. The zero-order valence-electron chi connectivity index (χ0n) is 26.3. The van der Waals surface area contributed by atoms with E-state index in [0.29, 0.717) is 5.92 Å². The smallest absolute Gasteiger partial charge is 0.0565 e. The summed E-state index contributed by atoms with van der Waals surface area (Å²) in [5.74, 6) is 0.308. The fraction of sp³-hybridized carbons (Fsp3) is 0.0909. The van der Waals surface area contributed by atoms with Crippen molar-refractivity contribution in [3.63, 3.8) is 0 Å². The monoisotopic (exact) mass is 592 g/mol. The SMILES string of the molecule is C[C@@H]1CC(N(c2cccc(-c3ccccc3)c2)c2ccc3ccccc3c2)=CC=C1N(C)c1c2ccccc2cc2ccccc12. The molecule has 0 fully saturated rings. The van der Waals surface area contributed by atoms with Gasteiger partial charge in [0.2, 0.25) is 0 Å². The average molecular weight is 593 g/mol. The lowest BCUT2D eigenvalue weighted by atomic mass is 9.92. The second-order valence-electron chi connectivity index (χ2n) is 12.4. The number of fused-ring (bicyclic) bond motifs is 3. The molecule has 7 aromatic rings. The summed E-state index contributed by atoms with van der Waals surface area (Å²) in [4.78, 5) is 4.88. The molecule has 1 aliphatic rings. The quantitative estimate of drug-likeness (QED) is 0.177. The Hall–Kier alpha value is -5.60. The number of allylic oxidation sites excluding steroid dienone is 4. The van der Waals surface area contributed by atoms with E-state index in [1.54, 1.807) is 0 Å². The molecule has 222 valence electrons. The van der Waals surface area contributed by atoms with Crippen LogP contribution in [0.5, 0.6) is 0 Å². The van der Waals surface area contributed by atoms with Gasteiger partial charge < -0.3 is 9.80 Å². The van der Waals surface area contributed by atoms with Crippen LogP contribution in [0.25, 0.3) is 43.4 Å². The van der Waals surface area contributed by atoms with E-state index in [1.165, 1.54) is 71.9 Å². The maximum atomic E-state index is 2.45. The van der Waals surface area contributed by atoms with E-state index in [-0.39, 0.29) is 0 Å². The lowest BCUT2D eigenvalue weighted by Gasteiger charge is -2.36. The Labute approximate surface area is 271 Å². The van der Waals surface area contributed by atoms with Crippen molar-refractivity contribution in [3.8, 4) is 11.1 Å². The molecule has 0 saturated heterocycles. The number of benzene rings is 7. The van der Waals surface area contributed by atoms with Gasteiger partial charge in [-0.1, -0.05) is 128 Å². The number of hydrogen-bond donors (Lipinski definition) is 0. The van der Waals surface area contributed by atoms with Gasteiger partial charge in [0.05, 0.1) is 5.69 Å². The zero-order chi connectivity index (χ0) is 31.0. The third kappa shape index (κ3) is 5.02. The molecule has 46 heavy (non-hydrogen) atoms. The maximum Gasteiger partial charge on any atom is 0.0565 e. The van der Waals surface area contributed by atoms with Gasteiger partial charge in [0.15, 0.2) is 0 Å². The molecule has 2 nitrogen and oxygen atoms in total. The first kappa shape index (κ1) is 27.9. The highest BCUT2D eigenvalue weighted by Crippen LogP contribution is 2.42. The summed E-state index contributed by atoms with van der Waals surface area (Å²) in [5, 5.41) is 7.59. The Morgan fingerprint density at radius 1 is 0.500 bits per heavy atom. The van der Waals surface area contributed by atoms with Gasteiger partial charge in [-0.05, 0) is 81.6 Å². The topological polar surface area (TPSA) is 6.48 Å². The van der Waals surface area contributed by atoms with Gasteiger partial charge in [-0.25, -0.2) is 0 Å². The summed E-state index contributed by atoms with van der Waals surface area (Å²) in [7, 11) is 2.24. The Morgan fingerprint density at radius 3 is 1.83 bits per heavy atom. The first-order valence-electron chi connectivity index (χ1n) is 16.1. The van der Waals surface area contributed by atoms with Crippen LogP contribution in [0.1, 0.15) is 13.3 Å². The van der Waals surface area contributed by atoms with Crippen molar-refractivity contribution in [1.82, 2.24) is 0 Å². The van der Waals surface area contributed by atoms with Gasteiger partial charge in [-0.15, -0.1) is 0 Å². The van der Waals surface area contributed by atoms with Crippen LogP contribution in [0.2, 0.25) is 0 Å². The minimum absolute atomic E-state index is 0.308. The average Bonchev–Trinajstić information content (AvgIpc) is 3.11. The van der Waals surface area contributed by atoms with E-state index >= 15 is 0 Å². The van der Waals surface area contributed by atoms with Gasteiger partial charge in [-0.3, -0.25) is 0 Å².